The summed E-state index contributed by atoms with van der Waals surface area (Å²) in [6.07, 6.45) is 0.575. The number of nitrogens with one attached hydrogen (secondary N) is 1. The van der Waals surface area contributed by atoms with Gasteiger partial charge in [0.2, 0.25) is 0 Å². The first kappa shape index (κ1) is 12.4. The standard InChI is InChI=1S/C9H17NO4S/c1-3-14-9(11)7(2)10-8-4-5-15(12,13)6-8/h7-8,10H,3-6H2,1-2H3/t7-,8-/m1/s1. The number of ether oxygens (including phenoxy) is 1. The second kappa shape index (κ2) is 4.94. The Kier molecular flexibility index (Phi) is 4.10. The molecule has 2 atom stereocenters. The number of sulfone groups is 1. The first-order chi connectivity index (χ1) is 6.94. The third-order valence-corrected chi connectivity index (χ3v) is 4.13. The number of esters is 1. The van der Waals surface area contributed by atoms with E-state index in [1.807, 2.05) is 0 Å². The molecular weight excluding hydrogens is 218 g/mol. The summed E-state index contributed by atoms with van der Waals surface area (Å²) in [4.78, 5) is 11.3. The number of rotatable bonds is 4. The minimum atomic E-state index is -2.89. The largest absolute Gasteiger partial charge is 0.465 e. The van der Waals surface area contributed by atoms with Crippen LogP contribution in [-0.4, -0.2) is 44.6 Å². The van der Waals surface area contributed by atoms with Gasteiger partial charge >= 0.3 is 5.97 Å². The van der Waals surface area contributed by atoms with E-state index >= 15 is 0 Å². The molecule has 1 aliphatic rings. The minimum absolute atomic E-state index is 0.116. The zero-order valence-corrected chi connectivity index (χ0v) is 9.84. The summed E-state index contributed by atoms with van der Waals surface area (Å²) in [5.41, 5.74) is 0. The van der Waals surface area contributed by atoms with E-state index in [9.17, 15) is 13.2 Å². The van der Waals surface area contributed by atoms with Crippen LogP contribution in [0.5, 0.6) is 0 Å². The summed E-state index contributed by atoms with van der Waals surface area (Å²) in [6, 6.07) is -0.558. The summed E-state index contributed by atoms with van der Waals surface area (Å²) in [6.45, 7) is 3.77. The van der Waals surface area contributed by atoms with Crippen LogP contribution in [0.3, 0.4) is 0 Å². The van der Waals surface area contributed by atoms with E-state index in [-0.39, 0.29) is 23.5 Å². The fourth-order valence-corrected chi connectivity index (χ4v) is 3.30. The second-order valence-corrected chi connectivity index (χ2v) is 5.97. The fraction of sp³-hybridized carbons (Fsp3) is 0.889. The molecule has 1 fully saturated rings. The van der Waals surface area contributed by atoms with Gasteiger partial charge in [-0.05, 0) is 20.3 Å². The average molecular weight is 235 g/mol. The number of hydrogen-bond acceptors (Lipinski definition) is 5. The summed E-state index contributed by atoms with van der Waals surface area (Å²) in [5, 5.41) is 2.97. The van der Waals surface area contributed by atoms with Crippen LogP contribution in [0.4, 0.5) is 0 Å². The number of carbonyl (C=O) groups is 1. The van der Waals surface area contributed by atoms with Gasteiger partial charge in [0.25, 0.3) is 0 Å². The van der Waals surface area contributed by atoms with Gasteiger partial charge in [-0.1, -0.05) is 0 Å². The highest BCUT2D eigenvalue weighted by Gasteiger charge is 2.30. The normalized spacial score (nSPS) is 26.1. The second-order valence-electron chi connectivity index (χ2n) is 3.74. The lowest BCUT2D eigenvalue weighted by atomic mass is 10.2. The molecule has 1 heterocycles. The molecule has 5 nitrogen and oxygen atoms in total. The molecule has 15 heavy (non-hydrogen) atoms. The van der Waals surface area contributed by atoms with Crippen molar-refractivity contribution in [1.29, 1.82) is 0 Å². The molecule has 0 spiro atoms. The zero-order chi connectivity index (χ0) is 11.5. The molecule has 0 amide bonds. The van der Waals surface area contributed by atoms with E-state index in [0.717, 1.165) is 0 Å². The Labute approximate surface area is 90.1 Å². The van der Waals surface area contributed by atoms with Gasteiger partial charge in [-0.25, -0.2) is 8.42 Å². The number of carbonyl (C=O) groups excluding carboxylic acids is 1. The molecule has 1 rings (SSSR count). The van der Waals surface area contributed by atoms with Crippen LogP contribution in [0.25, 0.3) is 0 Å². The van der Waals surface area contributed by atoms with Gasteiger partial charge in [0, 0.05) is 6.04 Å². The molecule has 6 heteroatoms. The third kappa shape index (κ3) is 3.79. The van der Waals surface area contributed by atoms with Gasteiger partial charge in [-0.2, -0.15) is 0 Å². The van der Waals surface area contributed by atoms with Crippen molar-refractivity contribution in [3.8, 4) is 0 Å². The van der Waals surface area contributed by atoms with E-state index in [1.54, 1.807) is 13.8 Å². The van der Waals surface area contributed by atoms with Crippen LogP contribution >= 0.6 is 0 Å². The van der Waals surface area contributed by atoms with Gasteiger partial charge in [0.05, 0.1) is 18.1 Å². The maximum Gasteiger partial charge on any atom is 0.322 e. The summed E-state index contributed by atoms with van der Waals surface area (Å²) >= 11 is 0. The monoisotopic (exact) mass is 235 g/mol. The lowest BCUT2D eigenvalue weighted by Gasteiger charge is -2.16. The van der Waals surface area contributed by atoms with Crippen LogP contribution in [0, 0.1) is 0 Å². The summed E-state index contributed by atoms with van der Waals surface area (Å²) in [7, 11) is -2.89. The minimum Gasteiger partial charge on any atom is -0.465 e. The van der Waals surface area contributed by atoms with Gasteiger partial charge in [0.1, 0.15) is 6.04 Å². The molecule has 0 radical (unpaired) electrons. The van der Waals surface area contributed by atoms with Crippen molar-refractivity contribution >= 4 is 15.8 Å². The smallest absolute Gasteiger partial charge is 0.322 e. The Bertz CT molecular complexity index is 325. The van der Waals surface area contributed by atoms with Crippen molar-refractivity contribution in [3.05, 3.63) is 0 Å². The average Bonchev–Trinajstić information content (AvgIpc) is 2.46. The Hall–Kier alpha value is -0.620. The Morgan fingerprint density at radius 3 is 2.73 bits per heavy atom. The predicted octanol–water partition coefficient (Wildman–Crippen LogP) is -0.285. The van der Waals surface area contributed by atoms with Gasteiger partial charge in [-0.15, -0.1) is 0 Å². The van der Waals surface area contributed by atoms with Gasteiger partial charge in [-0.3, -0.25) is 4.79 Å². The molecule has 88 valence electrons. The van der Waals surface area contributed by atoms with Crippen molar-refractivity contribution in [2.24, 2.45) is 0 Å². The molecule has 1 N–H and O–H groups in total. The highest BCUT2D eigenvalue weighted by Crippen LogP contribution is 2.11. The summed E-state index contributed by atoms with van der Waals surface area (Å²) in [5.74, 6) is -0.00135. The molecule has 0 aromatic heterocycles. The van der Waals surface area contributed by atoms with E-state index in [4.69, 9.17) is 4.74 Å². The van der Waals surface area contributed by atoms with Gasteiger partial charge < -0.3 is 10.1 Å². The maximum atomic E-state index is 11.3. The van der Waals surface area contributed by atoms with Crippen molar-refractivity contribution in [3.63, 3.8) is 0 Å². The predicted molar refractivity (Wildman–Crippen MR) is 56.3 cm³/mol. The zero-order valence-electron chi connectivity index (χ0n) is 9.02. The van der Waals surface area contributed by atoms with Crippen LogP contribution in [-0.2, 0) is 19.4 Å². The van der Waals surface area contributed by atoms with E-state index < -0.39 is 15.9 Å². The lowest BCUT2D eigenvalue weighted by molar-refractivity contribution is -0.145. The molecule has 1 saturated heterocycles. The van der Waals surface area contributed by atoms with Crippen LogP contribution in [0.2, 0.25) is 0 Å². The Morgan fingerprint density at radius 2 is 2.27 bits per heavy atom. The molecule has 1 aliphatic heterocycles. The molecule has 0 saturated carbocycles. The Balaban J connectivity index is 2.40. The summed E-state index contributed by atoms with van der Waals surface area (Å²) < 4.78 is 27.1. The maximum absolute atomic E-state index is 11.3. The molecule has 0 bridgehead atoms. The van der Waals surface area contributed by atoms with Crippen molar-refractivity contribution < 1.29 is 17.9 Å². The topological polar surface area (TPSA) is 72.5 Å². The molecular formula is C9H17NO4S. The number of hydrogen-bond donors (Lipinski definition) is 1. The third-order valence-electron chi connectivity index (χ3n) is 2.36. The van der Waals surface area contributed by atoms with Crippen LogP contribution in [0.15, 0.2) is 0 Å². The molecule has 0 aromatic rings. The van der Waals surface area contributed by atoms with Crippen molar-refractivity contribution in [2.75, 3.05) is 18.1 Å². The first-order valence-corrected chi connectivity index (χ1v) is 6.90. The molecule has 0 aliphatic carbocycles. The highest BCUT2D eigenvalue weighted by molar-refractivity contribution is 7.91. The molecule has 0 unspecified atom stereocenters. The van der Waals surface area contributed by atoms with Crippen molar-refractivity contribution in [2.45, 2.75) is 32.4 Å². The first-order valence-electron chi connectivity index (χ1n) is 5.07. The fourth-order valence-electron chi connectivity index (χ4n) is 1.62. The Morgan fingerprint density at radius 1 is 1.60 bits per heavy atom. The SMILES string of the molecule is CCOC(=O)[C@@H](C)N[C@@H]1CCS(=O)(=O)C1. The van der Waals surface area contributed by atoms with E-state index in [0.29, 0.717) is 13.0 Å². The highest BCUT2D eigenvalue weighted by atomic mass is 32.2. The van der Waals surface area contributed by atoms with Crippen molar-refractivity contribution in [1.82, 2.24) is 5.32 Å². The quantitative estimate of drug-likeness (QED) is 0.678. The van der Waals surface area contributed by atoms with Gasteiger partial charge in [0.15, 0.2) is 9.84 Å². The van der Waals surface area contributed by atoms with Crippen LogP contribution in [0.1, 0.15) is 20.3 Å². The van der Waals surface area contributed by atoms with Crippen LogP contribution < -0.4 is 5.32 Å². The van der Waals surface area contributed by atoms with E-state index in [1.165, 1.54) is 0 Å². The van der Waals surface area contributed by atoms with E-state index in [2.05, 4.69) is 5.32 Å². The lowest BCUT2D eigenvalue weighted by Crippen LogP contribution is -2.42. The molecule has 0 aromatic carbocycles.